The minimum atomic E-state index is -0.778. The third-order valence-corrected chi connectivity index (χ3v) is 3.47. The van der Waals surface area contributed by atoms with Crippen LogP contribution < -0.4 is 5.32 Å². The second-order valence-corrected chi connectivity index (χ2v) is 5.11. The molecule has 1 N–H and O–H groups in total. The smallest absolute Gasteiger partial charge is 0.163 e. The van der Waals surface area contributed by atoms with Gasteiger partial charge in [-0.25, -0.2) is 8.78 Å². The maximum absolute atomic E-state index is 14.0. The fourth-order valence-corrected chi connectivity index (χ4v) is 2.54. The van der Waals surface area contributed by atoms with Gasteiger partial charge in [0.2, 0.25) is 0 Å². The highest BCUT2D eigenvalue weighted by Gasteiger charge is 2.25. The van der Waals surface area contributed by atoms with E-state index >= 15 is 0 Å². The number of nitrogens with zero attached hydrogens (tertiary/aromatic N) is 1. The summed E-state index contributed by atoms with van der Waals surface area (Å²) in [6.07, 6.45) is 0.653. The minimum Gasteiger partial charge on any atom is -0.314 e. The van der Waals surface area contributed by atoms with Crippen LogP contribution in [-0.4, -0.2) is 31.1 Å². The predicted molar refractivity (Wildman–Crippen MR) is 73.0 cm³/mol. The summed E-state index contributed by atoms with van der Waals surface area (Å²) in [4.78, 5) is 2.20. The summed E-state index contributed by atoms with van der Waals surface area (Å²) in [7, 11) is 0. The van der Waals surface area contributed by atoms with Gasteiger partial charge in [-0.1, -0.05) is 17.7 Å². The molecule has 1 heterocycles. The van der Waals surface area contributed by atoms with Crippen LogP contribution in [0.25, 0.3) is 0 Å². The number of benzene rings is 1. The van der Waals surface area contributed by atoms with Crippen molar-refractivity contribution < 1.29 is 8.78 Å². The Kier molecular flexibility index (Phi) is 4.66. The molecule has 0 spiro atoms. The standard InChI is InChI=1S/C15H20F2N2/c1-11(2)10-14(19-8-6-18-7-9-19)12-4-3-5-13(16)15(12)17/h3-5,14,18H,1,6-10H2,2H3/t14-/m1/s1. The molecule has 0 aromatic heterocycles. The number of hydrogen-bond donors (Lipinski definition) is 1. The van der Waals surface area contributed by atoms with Crippen LogP contribution in [0.3, 0.4) is 0 Å². The molecule has 1 aliphatic heterocycles. The molecule has 0 amide bonds. The van der Waals surface area contributed by atoms with E-state index in [0.29, 0.717) is 12.0 Å². The third kappa shape index (κ3) is 3.39. The van der Waals surface area contributed by atoms with Gasteiger partial charge < -0.3 is 5.32 Å². The monoisotopic (exact) mass is 266 g/mol. The Labute approximate surface area is 113 Å². The largest absolute Gasteiger partial charge is 0.314 e. The number of nitrogens with one attached hydrogen (secondary N) is 1. The van der Waals surface area contributed by atoms with E-state index in [1.807, 2.05) is 6.92 Å². The van der Waals surface area contributed by atoms with Crippen molar-refractivity contribution in [3.63, 3.8) is 0 Å². The summed E-state index contributed by atoms with van der Waals surface area (Å²) in [5, 5.41) is 3.27. The number of piperazine rings is 1. The van der Waals surface area contributed by atoms with Crippen LogP contribution in [0.4, 0.5) is 8.78 Å². The molecule has 0 radical (unpaired) electrons. The highest BCUT2D eigenvalue weighted by Crippen LogP contribution is 2.30. The lowest BCUT2D eigenvalue weighted by Gasteiger charge is -2.35. The predicted octanol–water partition coefficient (Wildman–Crippen LogP) is 2.88. The van der Waals surface area contributed by atoms with Crippen LogP contribution in [0.5, 0.6) is 0 Å². The number of hydrogen-bond acceptors (Lipinski definition) is 2. The molecule has 0 bridgehead atoms. The Morgan fingerprint density at radius 2 is 2.05 bits per heavy atom. The fraction of sp³-hybridized carbons (Fsp3) is 0.467. The van der Waals surface area contributed by atoms with Crippen molar-refractivity contribution in [1.29, 1.82) is 0 Å². The summed E-state index contributed by atoms with van der Waals surface area (Å²) in [5.41, 5.74) is 1.41. The van der Waals surface area contributed by atoms with E-state index in [9.17, 15) is 8.78 Å². The Bertz CT molecular complexity index is 453. The van der Waals surface area contributed by atoms with E-state index in [-0.39, 0.29) is 6.04 Å². The van der Waals surface area contributed by atoms with Crippen molar-refractivity contribution in [1.82, 2.24) is 10.2 Å². The van der Waals surface area contributed by atoms with Crippen LogP contribution in [0, 0.1) is 11.6 Å². The number of halogens is 2. The normalized spacial score (nSPS) is 18.3. The van der Waals surface area contributed by atoms with Gasteiger partial charge in [-0.15, -0.1) is 6.58 Å². The van der Waals surface area contributed by atoms with Gasteiger partial charge >= 0.3 is 0 Å². The van der Waals surface area contributed by atoms with Gasteiger partial charge in [0.1, 0.15) is 0 Å². The molecule has 1 aromatic carbocycles. The van der Waals surface area contributed by atoms with Crippen molar-refractivity contribution in [2.24, 2.45) is 0 Å². The molecule has 2 nitrogen and oxygen atoms in total. The van der Waals surface area contributed by atoms with Gasteiger partial charge in [-0.3, -0.25) is 4.90 Å². The van der Waals surface area contributed by atoms with Crippen LogP contribution in [0.15, 0.2) is 30.4 Å². The van der Waals surface area contributed by atoms with Crippen LogP contribution in [-0.2, 0) is 0 Å². The first-order valence-electron chi connectivity index (χ1n) is 6.62. The molecule has 4 heteroatoms. The Hall–Kier alpha value is -1.26. The molecule has 0 saturated carbocycles. The quantitative estimate of drug-likeness (QED) is 0.843. The van der Waals surface area contributed by atoms with E-state index in [1.165, 1.54) is 0 Å². The highest BCUT2D eigenvalue weighted by molar-refractivity contribution is 5.24. The fourth-order valence-electron chi connectivity index (χ4n) is 2.54. The average molecular weight is 266 g/mol. The maximum atomic E-state index is 14.0. The molecule has 2 rings (SSSR count). The van der Waals surface area contributed by atoms with Crippen molar-refractivity contribution >= 4 is 0 Å². The topological polar surface area (TPSA) is 15.3 Å². The van der Waals surface area contributed by atoms with Gasteiger partial charge in [0.15, 0.2) is 11.6 Å². The van der Waals surface area contributed by atoms with Crippen molar-refractivity contribution in [3.8, 4) is 0 Å². The van der Waals surface area contributed by atoms with E-state index in [4.69, 9.17) is 0 Å². The van der Waals surface area contributed by atoms with Gasteiger partial charge in [-0.2, -0.15) is 0 Å². The lowest BCUT2D eigenvalue weighted by molar-refractivity contribution is 0.168. The molecule has 104 valence electrons. The first-order chi connectivity index (χ1) is 9.09. The zero-order valence-corrected chi connectivity index (χ0v) is 11.3. The molecule has 1 saturated heterocycles. The van der Waals surface area contributed by atoms with Crippen molar-refractivity contribution in [2.75, 3.05) is 26.2 Å². The van der Waals surface area contributed by atoms with Crippen LogP contribution >= 0.6 is 0 Å². The Balaban J connectivity index is 2.30. The van der Waals surface area contributed by atoms with Crippen molar-refractivity contribution in [3.05, 3.63) is 47.5 Å². The summed E-state index contributed by atoms with van der Waals surface area (Å²) < 4.78 is 27.4. The van der Waals surface area contributed by atoms with Gasteiger partial charge in [0.25, 0.3) is 0 Å². The van der Waals surface area contributed by atoms with Gasteiger partial charge in [-0.05, 0) is 19.4 Å². The van der Waals surface area contributed by atoms with Gasteiger partial charge in [0.05, 0.1) is 0 Å². The molecule has 0 unspecified atom stereocenters. The summed E-state index contributed by atoms with van der Waals surface area (Å²) in [6.45, 7) is 9.27. The minimum absolute atomic E-state index is 0.129. The zero-order chi connectivity index (χ0) is 13.8. The first-order valence-corrected chi connectivity index (χ1v) is 6.62. The third-order valence-electron chi connectivity index (χ3n) is 3.47. The summed E-state index contributed by atoms with van der Waals surface area (Å²) >= 11 is 0. The van der Waals surface area contributed by atoms with Crippen LogP contribution in [0.1, 0.15) is 24.9 Å². The molecule has 1 fully saturated rings. The first kappa shape index (κ1) is 14.2. The van der Waals surface area contributed by atoms with Crippen LogP contribution in [0.2, 0.25) is 0 Å². The second-order valence-electron chi connectivity index (χ2n) is 5.11. The zero-order valence-electron chi connectivity index (χ0n) is 11.3. The molecular weight excluding hydrogens is 246 g/mol. The maximum Gasteiger partial charge on any atom is 0.163 e. The lowest BCUT2D eigenvalue weighted by Crippen LogP contribution is -2.45. The molecule has 1 aromatic rings. The molecule has 0 aliphatic carbocycles. The van der Waals surface area contributed by atoms with Crippen molar-refractivity contribution in [2.45, 2.75) is 19.4 Å². The SMILES string of the molecule is C=C(C)C[C@H](c1cccc(F)c1F)N1CCNCC1. The Morgan fingerprint density at radius 1 is 1.37 bits per heavy atom. The molecular formula is C15H20F2N2. The molecule has 1 atom stereocenters. The van der Waals surface area contributed by atoms with Gasteiger partial charge in [0, 0.05) is 37.8 Å². The van der Waals surface area contributed by atoms with E-state index in [2.05, 4.69) is 16.8 Å². The lowest BCUT2D eigenvalue weighted by atomic mass is 9.97. The van der Waals surface area contributed by atoms with E-state index in [1.54, 1.807) is 12.1 Å². The summed E-state index contributed by atoms with van der Waals surface area (Å²) in [5.74, 6) is -1.51. The second kappa shape index (κ2) is 6.26. The average Bonchev–Trinajstić information content (AvgIpc) is 2.40. The molecule has 19 heavy (non-hydrogen) atoms. The number of rotatable bonds is 4. The molecule has 1 aliphatic rings. The summed E-state index contributed by atoms with van der Waals surface area (Å²) in [6, 6.07) is 4.28. The van der Waals surface area contributed by atoms with E-state index in [0.717, 1.165) is 37.8 Å². The highest BCUT2D eigenvalue weighted by atomic mass is 19.2. The van der Waals surface area contributed by atoms with E-state index < -0.39 is 11.6 Å². The Morgan fingerprint density at radius 3 is 2.68 bits per heavy atom.